The van der Waals surface area contributed by atoms with Crippen LogP contribution in [0, 0.1) is 0 Å². The van der Waals surface area contributed by atoms with E-state index in [2.05, 4.69) is 20.8 Å². The molecule has 0 heterocycles. The molecule has 0 amide bonds. The molecule has 1 aromatic carbocycles. The van der Waals surface area contributed by atoms with Gasteiger partial charge in [-0.1, -0.05) is 32.9 Å². The predicted molar refractivity (Wildman–Crippen MR) is 71.9 cm³/mol. The molecule has 0 radical (unpaired) electrons. The minimum atomic E-state index is -3.57. The molecule has 5 heteroatoms. The maximum Gasteiger partial charge on any atom is 0.238 e. The first-order chi connectivity index (χ1) is 6.21. The van der Waals surface area contributed by atoms with E-state index in [4.69, 9.17) is 5.14 Å². The Morgan fingerprint density at radius 2 is 1.47 bits per heavy atom. The largest absolute Gasteiger partial charge is 0.238 e. The zero-order valence-corrected chi connectivity index (χ0v) is 12.2. The van der Waals surface area contributed by atoms with Crippen LogP contribution in [0.1, 0.15) is 26.3 Å². The number of benzene rings is 1. The Balaban J connectivity index is 0.00000196. The maximum absolute atomic E-state index is 11.0. The van der Waals surface area contributed by atoms with E-state index < -0.39 is 10.0 Å². The van der Waals surface area contributed by atoms with Gasteiger partial charge in [0.15, 0.2) is 0 Å². The summed E-state index contributed by atoms with van der Waals surface area (Å²) in [7, 11) is -3.57. The second-order valence-electron chi connectivity index (χ2n) is 4.32. The fraction of sp³-hybridized carbons (Fsp3) is 0.400. The van der Waals surface area contributed by atoms with E-state index in [1.165, 1.54) is 12.1 Å². The van der Waals surface area contributed by atoms with Gasteiger partial charge in [0.2, 0.25) is 10.0 Å². The fourth-order valence-corrected chi connectivity index (χ4v) is 1.66. The number of hydrogen-bond donors (Lipinski definition) is 1. The Labute approximate surface area is 108 Å². The molecular weight excluding hydrogens is 325 g/mol. The van der Waals surface area contributed by atoms with E-state index in [0.29, 0.717) is 0 Å². The normalized spacial score (nSPS) is 12.0. The Bertz CT molecular complexity index is 418. The van der Waals surface area contributed by atoms with Crippen LogP contribution in [0.15, 0.2) is 29.2 Å². The molecule has 0 aromatic heterocycles. The fourth-order valence-electron chi connectivity index (χ4n) is 1.14. The van der Waals surface area contributed by atoms with Gasteiger partial charge >= 0.3 is 0 Å². The third-order valence-electron chi connectivity index (χ3n) is 2.05. The standard InChI is InChI=1S/C10H15NO2S.HI/c1-10(2,3)8-4-6-9(7-5-8)14(11,12)13;/h4-7H,1-3H3,(H2,11,12,13);1H. The quantitative estimate of drug-likeness (QED) is 0.797. The topological polar surface area (TPSA) is 60.2 Å². The van der Waals surface area contributed by atoms with Crippen molar-refractivity contribution in [2.75, 3.05) is 0 Å². The molecule has 1 aromatic rings. The highest BCUT2D eigenvalue weighted by Crippen LogP contribution is 2.22. The molecule has 15 heavy (non-hydrogen) atoms. The second kappa shape index (κ2) is 4.80. The summed E-state index contributed by atoms with van der Waals surface area (Å²) in [5.41, 5.74) is 1.11. The summed E-state index contributed by atoms with van der Waals surface area (Å²) < 4.78 is 21.9. The summed E-state index contributed by atoms with van der Waals surface area (Å²) in [6.45, 7) is 6.21. The molecule has 0 aliphatic rings. The van der Waals surface area contributed by atoms with E-state index in [0.717, 1.165) is 5.56 Å². The molecule has 0 unspecified atom stereocenters. The third kappa shape index (κ3) is 4.08. The lowest BCUT2D eigenvalue weighted by Gasteiger charge is -2.18. The van der Waals surface area contributed by atoms with Crippen LogP contribution >= 0.6 is 24.0 Å². The number of nitrogens with two attached hydrogens (primary N) is 1. The van der Waals surface area contributed by atoms with Crippen LogP contribution in [-0.2, 0) is 15.4 Å². The molecule has 0 atom stereocenters. The lowest BCUT2D eigenvalue weighted by Crippen LogP contribution is -2.14. The molecule has 1 rings (SSSR count). The number of rotatable bonds is 1. The van der Waals surface area contributed by atoms with Crippen LogP contribution in [0.5, 0.6) is 0 Å². The minimum Gasteiger partial charge on any atom is -0.225 e. The van der Waals surface area contributed by atoms with Crippen LogP contribution in [-0.4, -0.2) is 8.42 Å². The van der Waals surface area contributed by atoms with Crippen molar-refractivity contribution in [2.24, 2.45) is 5.14 Å². The van der Waals surface area contributed by atoms with Crippen LogP contribution in [0.4, 0.5) is 0 Å². The number of sulfonamides is 1. The highest BCUT2D eigenvalue weighted by atomic mass is 127. The van der Waals surface area contributed by atoms with Gasteiger partial charge < -0.3 is 0 Å². The maximum atomic E-state index is 11.0. The average molecular weight is 341 g/mol. The Morgan fingerprint density at radius 3 is 1.73 bits per heavy atom. The van der Waals surface area contributed by atoms with E-state index in [-0.39, 0.29) is 34.3 Å². The summed E-state index contributed by atoms with van der Waals surface area (Å²) in [5.74, 6) is 0. The zero-order chi connectivity index (χ0) is 11.0. The molecule has 3 nitrogen and oxygen atoms in total. The van der Waals surface area contributed by atoms with Gasteiger partial charge in [-0.2, -0.15) is 0 Å². The van der Waals surface area contributed by atoms with Crippen LogP contribution < -0.4 is 5.14 Å². The van der Waals surface area contributed by atoms with E-state index in [9.17, 15) is 8.42 Å². The van der Waals surface area contributed by atoms with E-state index in [1.54, 1.807) is 12.1 Å². The number of hydrogen-bond acceptors (Lipinski definition) is 2. The van der Waals surface area contributed by atoms with E-state index in [1.807, 2.05) is 0 Å². The van der Waals surface area contributed by atoms with Gasteiger partial charge in [0, 0.05) is 0 Å². The minimum absolute atomic E-state index is 0. The molecule has 0 saturated heterocycles. The van der Waals surface area contributed by atoms with Crippen molar-refractivity contribution < 1.29 is 8.42 Å². The summed E-state index contributed by atoms with van der Waals surface area (Å²) in [5, 5.41) is 4.99. The molecule has 2 N–H and O–H groups in total. The summed E-state index contributed by atoms with van der Waals surface area (Å²) in [6, 6.07) is 6.66. The monoisotopic (exact) mass is 341 g/mol. The Hall–Kier alpha value is -0.140. The molecular formula is C10H16INO2S. The van der Waals surface area contributed by atoms with Crippen molar-refractivity contribution in [1.82, 2.24) is 0 Å². The van der Waals surface area contributed by atoms with Crippen molar-refractivity contribution in [3.05, 3.63) is 29.8 Å². The van der Waals surface area contributed by atoms with Crippen molar-refractivity contribution in [3.63, 3.8) is 0 Å². The lowest BCUT2D eigenvalue weighted by molar-refractivity contribution is 0.586. The molecule has 0 spiro atoms. The smallest absolute Gasteiger partial charge is 0.225 e. The van der Waals surface area contributed by atoms with E-state index >= 15 is 0 Å². The summed E-state index contributed by atoms with van der Waals surface area (Å²) in [4.78, 5) is 0.158. The summed E-state index contributed by atoms with van der Waals surface area (Å²) >= 11 is 0. The molecule has 0 fully saturated rings. The van der Waals surface area contributed by atoms with Crippen molar-refractivity contribution >= 4 is 34.0 Å². The SMILES string of the molecule is CC(C)(C)c1ccc(S(N)(=O)=O)cc1.I. The van der Waals surface area contributed by atoms with Crippen molar-refractivity contribution in [2.45, 2.75) is 31.1 Å². The first kappa shape index (κ1) is 14.9. The van der Waals surface area contributed by atoms with Gasteiger partial charge in [-0.05, 0) is 23.1 Å². The lowest BCUT2D eigenvalue weighted by atomic mass is 9.87. The van der Waals surface area contributed by atoms with Crippen LogP contribution in [0.3, 0.4) is 0 Å². The average Bonchev–Trinajstić information content (AvgIpc) is 2.01. The van der Waals surface area contributed by atoms with Crippen molar-refractivity contribution in [3.8, 4) is 0 Å². The van der Waals surface area contributed by atoms with Gasteiger partial charge in [0.25, 0.3) is 0 Å². The van der Waals surface area contributed by atoms with Crippen LogP contribution in [0.25, 0.3) is 0 Å². The van der Waals surface area contributed by atoms with Gasteiger partial charge in [-0.3, -0.25) is 0 Å². The third-order valence-corrected chi connectivity index (χ3v) is 2.98. The van der Waals surface area contributed by atoms with Gasteiger partial charge in [-0.15, -0.1) is 24.0 Å². The molecule has 0 bridgehead atoms. The first-order valence-electron chi connectivity index (χ1n) is 4.34. The zero-order valence-electron chi connectivity index (χ0n) is 9.02. The molecule has 0 aliphatic carbocycles. The highest BCUT2D eigenvalue weighted by molar-refractivity contribution is 14.0. The van der Waals surface area contributed by atoms with Gasteiger partial charge in [-0.25, -0.2) is 13.6 Å². The number of primary sulfonamides is 1. The number of halogens is 1. The predicted octanol–water partition coefficient (Wildman–Crippen LogP) is 2.25. The van der Waals surface area contributed by atoms with Gasteiger partial charge in [0.05, 0.1) is 4.90 Å². The first-order valence-corrected chi connectivity index (χ1v) is 5.89. The van der Waals surface area contributed by atoms with Crippen molar-refractivity contribution in [1.29, 1.82) is 0 Å². The van der Waals surface area contributed by atoms with Crippen LogP contribution in [0.2, 0.25) is 0 Å². The molecule has 86 valence electrons. The Kier molecular flexibility index (Phi) is 4.75. The second-order valence-corrected chi connectivity index (χ2v) is 5.88. The molecule has 0 aliphatic heterocycles. The summed E-state index contributed by atoms with van der Waals surface area (Å²) in [6.07, 6.45) is 0. The van der Waals surface area contributed by atoms with Gasteiger partial charge in [0.1, 0.15) is 0 Å². The molecule has 0 saturated carbocycles. The highest BCUT2D eigenvalue weighted by Gasteiger charge is 2.14. The Morgan fingerprint density at radius 1 is 1.07 bits per heavy atom.